The maximum Gasteiger partial charge on any atom is 0.236 e. The molecule has 0 aromatic rings. The van der Waals surface area contributed by atoms with Crippen molar-refractivity contribution in [3.63, 3.8) is 0 Å². The van der Waals surface area contributed by atoms with Crippen molar-refractivity contribution < 1.29 is 4.79 Å². The number of nitrogens with zero attached hydrogens (tertiary/aromatic N) is 1. The van der Waals surface area contributed by atoms with Crippen LogP contribution in [0.1, 0.15) is 27.2 Å². The van der Waals surface area contributed by atoms with Crippen LogP contribution in [0.25, 0.3) is 0 Å². The summed E-state index contributed by atoms with van der Waals surface area (Å²) in [5, 5.41) is 3.03. The molecule has 0 aromatic heterocycles. The molecule has 0 aliphatic carbocycles. The van der Waals surface area contributed by atoms with Gasteiger partial charge in [-0.15, -0.1) is 0 Å². The molecule has 0 atom stereocenters. The number of hydrogen-bond donors (Lipinski definition) is 1. The van der Waals surface area contributed by atoms with E-state index in [2.05, 4.69) is 19.2 Å². The van der Waals surface area contributed by atoms with Crippen LogP contribution in [0.15, 0.2) is 0 Å². The first-order chi connectivity index (χ1) is 6.07. The molecule has 0 aliphatic heterocycles. The number of amides is 1. The number of hydrogen-bond acceptors (Lipinski definition) is 2. The van der Waals surface area contributed by atoms with Gasteiger partial charge in [0.2, 0.25) is 5.91 Å². The molecule has 3 nitrogen and oxygen atoms in total. The molecule has 3 heteroatoms. The highest BCUT2D eigenvalue weighted by Gasteiger charge is 2.07. The molecule has 0 aliphatic rings. The van der Waals surface area contributed by atoms with Crippen LogP contribution in [-0.4, -0.2) is 37.5 Å². The zero-order valence-electron chi connectivity index (χ0n) is 9.26. The lowest BCUT2D eigenvalue weighted by molar-refractivity contribution is -0.129. The minimum absolute atomic E-state index is 0.183. The average Bonchev–Trinajstić information content (AvgIpc) is 2.10. The molecular formula is C10H22N2O. The summed E-state index contributed by atoms with van der Waals surface area (Å²) in [6.45, 7) is 8.52. The molecule has 0 heterocycles. The summed E-state index contributed by atoms with van der Waals surface area (Å²) in [4.78, 5) is 13.2. The van der Waals surface area contributed by atoms with Crippen molar-refractivity contribution in [2.24, 2.45) is 5.92 Å². The Morgan fingerprint density at radius 1 is 1.46 bits per heavy atom. The van der Waals surface area contributed by atoms with Crippen LogP contribution in [0, 0.1) is 5.92 Å². The predicted molar refractivity (Wildman–Crippen MR) is 55.6 cm³/mol. The van der Waals surface area contributed by atoms with Crippen molar-refractivity contribution in [2.45, 2.75) is 27.2 Å². The third kappa shape index (κ3) is 6.58. The van der Waals surface area contributed by atoms with Gasteiger partial charge in [-0.3, -0.25) is 4.79 Å². The summed E-state index contributed by atoms with van der Waals surface area (Å²) in [6.07, 6.45) is 1.08. The Bertz CT molecular complexity index is 146. The van der Waals surface area contributed by atoms with E-state index in [9.17, 15) is 4.79 Å². The fraction of sp³-hybridized carbons (Fsp3) is 0.900. The van der Waals surface area contributed by atoms with E-state index >= 15 is 0 Å². The summed E-state index contributed by atoms with van der Waals surface area (Å²) in [5.74, 6) is 0.844. The molecule has 0 unspecified atom stereocenters. The van der Waals surface area contributed by atoms with Crippen LogP contribution in [0.2, 0.25) is 0 Å². The van der Waals surface area contributed by atoms with Crippen LogP contribution in [0.3, 0.4) is 0 Å². The molecular weight excluding hydrogens is 164 g/mol. The van der Waals surface area contributed by atoms with Gasteiger partial charge in [-0.2, -0.15) is 0 Å². The second kappa shape index (κ2) is 6.89. The van der Waals surface area contributed by atoms with Crippen molar-refractivity contribution in [1.29, 1.82) is 0 Å². The summed E-state index contributed by atoms with van der Waals surface area (Å²) in [5.41, 5.74) is 0. The van der Waals surface area contributed by atoms with Gasteiger partial charge in [-0.05, 0) is 18.9 Å². The van der Waals surface area contributed by atoms with Gasteiger partial charge in [0.05, 0.1) is 6.54 Å². The van der Waals surface area contributed by atoms with Gasteiger partial charge >= 0.3 is 0 Å². The van der Waals surface area contributed by atoms with Crippen molar-refractivity contribution >= 4 is 5.91 Å². The van der Waals surface area contributed by atoms with Gasteiger partial charge in [0.25, 0.3) is 0 Å². The Hall–Kier alpha value is -0.570. The Balaban J connectivity index is 3.57. The van der Waals surface area contributed by atoms with Gasteiger partial charge in [0.1, 0.15) is 0 Å². The van der Waals surface area contributed by atoms with Crippen LogP contribution in [-0.2, 0) is 4.79 Å². The minimum atomic E-state index is 0.183. The van der Waals surface area contributed by atoms with Crippen LogP contribution in [0.4, 0.5) is 0 Å². The Morgan fingerprint density at radius 3 is 2.54 bits per heavy atom. The highest BCUT2D eigenvalue weighted by atomic mass is 16.2. The van der Waals surface area contributed by atoms with Gasteiger partial charge in [-0.1, -0.05) is 20.8 Å². The Kier molecular flexibility index (Phi) is 6.59. The zero-order chi connectivity index (χ0) is 10.3. The van der Waals surface area contributed by atoms with E-state index in [1.54, 1.807) is 4.90 Å². The van der Waals surface area contributed by atoms with Crippen LogP contribution >= 0.6 is 0 Å². The first-order valence-electron chi connectivity index (χ1n) is 5.02. The minimum Gasteiger partial charge on any atom is -0.345 e. The number of likely N-dealkylation sites (N-methyl/N-ethyl adjacent to an activating group) is 2. The predicted octanol–water partition coefficient (Wildman–Crippen LogP) is 1.10. The number of carbonyl (C=O) groups is 1. The second-order valence-corrected chi connectivity index (χ2v) is 3.78. The van der Waals surface area contributed by atoms with Crippen molar-refractivity contribution in [3.8, 4) is 0 Å². The average molecular weight is 186 g/mol. The summed E-state index contributed by atoms with van der Waals surface area (Å²) < 4.78 is 0. The Labute approximate surface area is 81.5 Å². The maximum atomic E-state index is 11.4. The standard InChI is InChI=1S/C10H22N2O/c1-5-11-8-10(13)12(4)7-6-9(2)3/h9,11H,5-8H2,1-4H3. The monoisotopic (exact) mass is 186 g/mol. The van der Waals surface area contributed by atoms with E-state index < -0.39 is 0 Å². The van der Waals surface area contributed by atoms with Gasteiger partial charge in [0.15, 0.2) is 0 Å². The van der Waals surface area contributed by atoms with Gasteiger partial charge in [0, 0.05) is 13.6 Å². The van der Waals surface area contributed by atoms with E-state index in [4.69, 9.17) is 0 Å². The number of nitrogens with one attached hydrogen (secondary N) is 1. The fourth-order valence-corrected chi connectivity index (χ4v) is 0.943. The number of rotatable bonds is 6. The van der Waals surface area contributed by atoms with Crippen molar-refractivity contribution in [2.75, 3.05) is 26.7 Å². The lowest BCUT2D eigenvalue weighted by Gasteiger charge is -2.18. The maximum absolute atomic E-state index is 11.4. The molecule has 13 heavy (non-hydrogen) atoms. The second-order valence-electron chi connectivity index (χ2n) is 3.78. The van der Waals surface area contributed by atoms with Crippen LogP contribution in [0.5, 0.6) is 0 Å². The summed E-state index contributed by atoms with van der Waals surface area (Å²) in [7, 11) is 1.86. The topological polar surface area (TPSA) is 32.3 Å². The van der Waals surface area contributed by atoms with Gasteiger partial charge < -0.3 is 10.2 Å². The summed E-state index contributed by atoms with van der Waals surface area (Å²) in [6, 6.07) is 0. The number of carbonyl (C=O) groups excluding carboxylic acids is 1. The van der Waals surface area contributed by atoms with E-state index in [1.165, 1.54) is 0 Å². The smallest absolute Gasteiger partial charge is 0.236 e. The third-order valence-electron chi connectivity index (χ3n) is 1.99. The molecule has 78 valence electrons. The molecule has 0 spiro atoms. The van der Waals surface area contributed by atoms with E-state index in [0.717, 1.165) is 19.5 Å². The SMILES string of the molecule is CCNCC(=O)N(C)CCC(C)C. The molecule has 0 rings (SSSR count). The molecule has 0 saturated carbocycles. The van der Waals surface area contributed by atoms with Crippen molar-refractivity contribution in [1.82, 2.24) is 10.2 Å². The molecule has 0 fully saturated rings. The normalized spacial score (nSPS) is 10.5. The summed E-state index contributed by atoms with van der Waals surface area (Å²) >= 11 is 0. The molecule has 1 N–H and O–H groups in total. The molecule has 0 saturated heterocycles. The van der Waals surface area contributed by atoms with Crippen molar-refractivity contribution in [3.05, 3.63) is 0 Å². The van der Waals surface area contributed by atoms with E-state index in [0.29, 0.717) is 12.5 Å². The fourth-order valence-electron chi connectivity index (χ4n) is 0.943. The molecule has 0 radical (unpaired) electrons. The van der Waals surface area contributed by atoms with E-state index in [1.807, 2.05) is 14.0 Å². The van der Waals surface area contributed by atoms with Gasteiger partial charge in [-0.25, -0.2) is 0 Å². The van der Waals surface area contributed by atoms with E-state index in [-0.39, 0.29) is 5.91 Å². The molecule has 0 aromatic carbocycles. The largest absolute Gasteiger partial charge is 0.345 e. The lowest BCUT2D eigenvalue weighted by atomic mass is 10.1. The highest BCUT2D eigenvalue weighted by molar-refractivity contribution is 5.77. The highest BCUT2D eigenvalue weighted by Crippen LogP contribution is 2.00. The van der Waals surface area contributed by atoms with Crippen LogP contribution < -0.4 is 5.32 Å². The molecule has 0 bridgehead atoms. The first kappa shape index (κ1) is 12.4. The third-order valence-corrected chi connectivity index (χ3v) is 1.99. The Morgan fingerprint density at radius 2 is 2.08 bits per heavy atom. The molecule has 1 amide bonds. The first-order valence-corrected chi connectivity index (χ1v) is 5.02. The zero-order valence-corrected chi connectivity index (χ0v) is 9.26. The quantitative estimate of drug-likeness (QED) is 0.673. The lowest BCUT2D eigenvalue weighted by Crippen LogP contribution is -2.36.